The van der Waals surface area contributed by atoms with E-state index in [0.29, 0.717) is 5.69 Å². The van der Waals surface area contributed by atoms with Crippen molar-refractivity contribution in [1.29, 1.82) is 0 Å². The Balaban J connectivity index is 1.81. The maximum atomic E-state index is 13.3. The van der Waals surface area contributed by atoms with Crippen molar-refractivity contribution in [2.45, 2.75) is 11.8 Å². The molecule has 0 fully saturated rings. The predicted octanol–water partition coefficient (Wildman–Crippen LogP) is 6.81. The Morgan fingerprint density at radius 2 is 1.12 bits per heavy atom. The monoisotopic (exact) mass is 452 g/mol. The summed E-state index contributed by atoms with van der Waals surface area (Å²) in [6, 6.07) is 31.0. The Bertz CT molecular complexity index is 1590. The van der Waals surface area contributed by atoms with Gasteiger partial charge >= 0.3 is 0 Å². The Kier molecular flexibility index (Phi) is 5.27. The molecule has 0 saturated heterocycles. The summed E-state index contributed by atoms with van der Waals surface area (Å²) in [4.78, 5) is 0.235. The van der Waals surface area contributed by atoms with Crippen LogP contribution in [-0.2, 0) is 10.0 Å². The van der Waals surface area contributed by atoms with Gasteiger partial charge in [-0.2, -0.15) is 0 Å². The van der Waals surface area contributed by atoms with E-state index >= 15 is 0 Å². The number of hydrogen-bond acceptors (Lipinski definition) is 3. The van der Waals surface area contributed by atoms with Gasteiger partial charge < -0.3 is 5.32 Å². The van der Waals surface area contributed by atoms with Crippen molar-refractivity contribution in [3.05, 3.63) is 103 Å². The first kappa shape index (κ1) is 21.0. The predicted molar refractivity (Wildman–Crippen MR) is 138 cm³/mol. The van der Waals surface area contributed by atoms with Crippen LogP contribution in [0, 0.1) is 6.92 Å². The molecule has 0 amide bonds. The van der Waals surface area contributed by atoms with Crippen LogP contribution in [-0.4, -0.2) is 15.5 Å². The Hall–Kier alpha value is -3.83. The second kappa shape index (κ2) is 8.26. The number of rotatable bonds is 5. The van der Waals surface area contributed by atoms with Gasteiger partial charge in [-0.25, -0.2) is 8.42 Å². The molecule has 0 saturated carbocycles. The van der Waals surface area contributed by atoms with Crippen molar-refractivity contribution in [2.75, 3.05) is 17.1 Å². The third-order valence-corrected chi connectivity index (χ3v) is 7.33. The van der Waals surface area contributed by atoms with Gasteiger partial charge in [-0.1, -0.05) is 78.4 Å². The van der Waals surface area contributed by atoms with E-state index in [1.54, 1.807) is 24.3 Å². The summed E-state index contributed by atoms with van der Waals surface area (Å²) >= 11 is 0. The quantitative estimate of drug-likeness (QED) is 0.308. The fourth-order valence-electron chi connectivity index (χ4n) is 4.30. The van der Waals surface area contributed by atoms with Gasteiger partial charge in [0.25, 0.3) is 10.0 Å². The molecule has 0 aromatic heterocycles. The molecule has 0 aliphatic heterocycles. The van der Waals surface area contributed by atoms with Crippen molar-refractivity contribution in [3.63, 3.8) is 0 Å². The lowest BCUT2D eigenvalue weighted by Gasteiger charge is -2.20. The van der Waals surface area contributed by atoms with E-state index in [9.17, 15) is 8.42 Å². The van der Waals surface area contributed by atoms with Crippen molar-refractivity contribution in [1.82, 2.24) is 0 Å². The molecule has 0 atom stereocenters. The molecule has 0 heterocycles. The summed E-state index contributed by atoms with van der Waals surface area (Å²) in [6.07, 6.45) is 0. The second-order valence-corrected chi connectivity index (χ2v) is 9.77. The summed E-state index contributed by atoms with van der Waals surface area (Å²) in [6.45, 7) is 1.94. The van der Waals surface area contributed by atoms with Crippen LogP contribution in [0.1, 0.15) is 5.56 Å². The van der Waals surface area contributed by atoms with E-state index in [4.69, 9.17) is 0 Å². The third kappa shape index (κ3) is 3.81. The molecule has 0 unspecified atom stereocenters. The minimum atomic E-state index is -3.77. The average molecular weight is 453 g/mol. The van der Waals surface area contributed by atoms with Gasteiger partial charge in [-0.3, -0.25) is 4.72 Å². The molecule has 0 aliphatic carbocycles. The molecule has 0 spiro atoms. The second-order valence-electron chi connectivity index (χ2n) is 8.09. The summed E-state index contributed by atoms with van der Waals surface area (Å²) in [5.41, 5.74) is 4.30. The summed E-state index contributed by atoms with van der Waals surface area (Å²) < 4.78 is 29.5. The Morgan fingerprint density at radius 1 is 0.606 bits per heavy atom. The van der Waals surface area contributed by atoms with E-state index in [1.165, 1.54) is 0 Å². The largest absolute Gasteiger partial charge is 0.388 e. The Morgan fingerprint density at radius 3 is 1.70 bits per heavy atom. The summed E-state index contributed by atoms with van der Waals surface area (Å²) in [7, 11) is -1.89. The molecule has 0 radical (unpaired) electrons. The van der Waals surface area contributed by atoms with Gasteiger partial charge in [0.05, 0.1) is 10.6 Å². The molecule has 5 aromatic rings. The van der Waals surface area contributed by atoms with Crippen LogP contribution in [0.5, 0.6) is 0 Å². The zero-order valence-corrected chi connectivity index (χ0v) is 19.3. The number of benzene rings is 5. The lowest BCUT2D eigenvalue weighted by molar-refractivity contribution is 0.601. The van der Waals surface area contributed by atoms with E-state index in [0.717, 1.165) is 43.9 Å². The summed E-state index contributed by atoms with van der Waals surface area (Å²) in [5.74, 6) is 0. The molecule has 33 heavy (non-hydrogen) atoms. The standard InChI is InChI=1S/C28H24N2O2S/c1-19-11-15-22(16-12-19)33(31,32)30-26-18-14-21-8-4-6-10-24(21)28(26)27-23-9-5-3-7-20(23)13-17-25(27)29-2/h3-18,29-30H,1-2H3. The molecular weight excluding hydrogens is 428 g/mol. The first-order chi connectivity index (χ1) is 16.0. The minimum absolute atomic E-state index is 0.235. The SMILES string of the molecule is CNc1ccc2ccccc2c1-c1c(NS(=O)(=O)c2ccc(C)cc2)ccc2ccccc12. The molecule has 5 rings (SSSR count). The van der Waals surface area contributed by atoms with E-state index < -0.39 is 10.0 Å². The van der Waals surface area contributed by atoms with E-state index in [2.05, 4.69) is 28.2 Å². The average Bonchev–Trinajstić information content (AvgIpc) is 2.83. The highest BCUT2D eigenvalue weighted by Gasteiger charge is 2.21. The lowest BCUT2D eigenvalue weighted by Crippen LogP contribution is -2.14. The molecule has 2 N–H and O–H groups in total. The molecule has 0 bridgehead atoms. The number of hydrogen-bond donors (Lipinski definition) is 2. The first-order valence-electron chi connectivity index (χ1n) is 10.8. The van der Waals surface area contributed by atoms with Crippen molar-refractivity contribution < 1.29 is 8.42 Å². The zero-order chi connectivity index (χ0) is 23.0. The number of anilines is 2. The van der Waals surface area contributed by atoms with Crippen molar-refractivity contribution in [3.8, 4) is 11.1 Å². The molecule has 4 nitrogen and oxygen atoms in total. The van der Waals surface area contributed by atoms with E-state index in [-0.39, 0.29) is 4.90 Å². The van der Waals surface area contributed by atoms with Crippen LogP contribution in [0.2, 0.25) is 0 Å². The molecule has 164 valence electrons. The minimum Gasteiger partial charge on any atom is -0.388 e. The van der Waals surface area contributed by atoms with Gasteiger partial charge in [-0.15, -0.1) is 0 Å². The fourth-order valence-corrected chi connectivity index (χ4v) is 5.37. The van der Waals surface area contributed by atoms with Crippen LogP contribution in [0.15, 0.2) is 102 Å². The third-order valence-electron chi connectivity index (χ3n) is 5.95. The van der Waals surface area contributed by atoms with Gasteiger partial charge in [0.2, 0.25) is 0 Å². The molecule has 5 aromatic carbocycles. The number of fused-ring (bicyclic) bond motifs is 2. The highest BCUT2D eigenvalue weighted by atomic mass is 32.2. The zero-order valence-electron chi connectivity index (χ0n) is 18.5. The van der Waals surface area contributed by atoms with Crippen molar-refractivity contribution in [2.24, 2.45) is 0 Å². The van der Waals surface area contributed by atoms with E-state index in [1.807, 2.05) is 68.6 Å². The number of sulfonamides is 1. The highest BCUT2D eigenvalue weighted by Crippen LogP contribution is 2.43. The van der Waals surface area contributed by atoms with Gasteiger partial charge in [0, 0.05) is 23.9 Å². The maximum Gasteiger partial charge on any atom is 0.261 e. The molecule has 5 heteroatoms. The topological polar surface area (TPSA) is 58.2 Å². The van der Waals surface area contributed by atoms with Gasteiger partial charge in [0.1, 0.15) is 0 Å². The van der Waals surface area contributed by atoms with Gasteiger partial charge in [-0.05, 0) is 52.7 Å². The van der Waals surface area contributed by atoms with Crippen LogP contribution >= 0.6 is 0 Å². The highest BCUT2D eigenvalue weighted by molar-refractivity contribution is 7.92. The van der Waals surface area contributed by atoms with Crippen LogP contribution in [0.25, 0.3) is 32.7 Å². The number of aryl methyl sites for hydroxylation is 1. The van der Waals surface area contributed by atoms with Gasteiger partial charge in [0.15, 0.2) is 0 Å². The van der Waals surface area contributed by atoms with Crippen LogP contribution in [0.3, 0.4) is 0 Å². The maximum absolute atomic E-state index is 13.3. The molecule has 0 aliphatic rings. The molecular formula is C28H24N2O2S. The lowest BCUT2D eigenvalue weighted by atomic mass is 9.91. The Labute approximate surface area is 193 Å². The normalized spacial score (nSPS) is 11.6. The smallest absolute Gasteiger partial charge is 0.261 e. The van der Waals surface area contributed by atoms with Crippen LogP contribution < -0.4 is 10.0 Å². The van der Waals surface area contributed by atoms with Crippen LogP contribution in [0.4, 0.5) is 11.4 Å². The fraction of sp³-hybridized carbons (Fsp3) is 0.0714. The first-order valence-corrected chi connectivity index (χ1v) is 12.3. The number of nitrogens with one attached hydrogen (secondary N) is 2. The summed E-state index contributed by atoms with van der Waals surface area (Å²) in [5, 5.41) is 7.47. The van der Waals surface area contributed by atoms with Crippen molar-refractivity contribution >= 4 is 42.9 Å².